The van der Waals surface area contributed by atoms with Gasteiger partial charge in [-0.15, -0.1) is 0 Å². The molecule has 0 aliphatic rings. The topological polar surface area (TPSA) is 112 Å². The van der Waals surface area contributed by atoms with Crippen LogP contribution < -0.4 is 21.5 Å². The van der Waals surface area contributed by atoms with E-state index in [1.807, 2.05) is 25.7 Å². The Hall–Kier alpha value is -1.67. The van der Waals surface area contributed by atoms with E-state index in [2.05, 4.69) is 25.7 Å². The molecule has 0 bridgehead atoms. The number of nitrogen functional groups attached to an aromatic ring is 1. The third kappa shape index (κ3) is 4.46. The maximum absolute atomic E-state index is 10.00. The van der Waals surface area contributed by atoms with Crippen molar-refractivity contribution >= 4 is 17.8 Å². The summed E-state index contributed by atoms with van der Waals surface area (Å²) in [5.41, 5.74) is 1.62. The second-order valence-corrected chi connectivity index (χ2v) is 4.80. The van der Waals surface area contributed by atoms with Gasteiger partial charge in [-0.1, -0.05) is 6.92 Å². The maximum atomic E-state index is 10.00. The molecule has 8 heteroatoms. The van der Waals surface area contributed by atoms with Gasteiger partial charge in [-0.25, -0.2) is 5.84 Å². The largest absolute Gasteiger partial charge is 0.388 e. The lowest BCUT2D eigenvalue weighted by atomic mass is 10.0. The molecule has 1 heterocycles. The highest BCUT2D eigenvalue weighted by Gasteiger charge is 2.18. The van der Waals surface area contributed by atoms with Crippen molar-refractivity contribution in [2.45, 2.75) is 39.7 Å². The summed E-state index contributed by atoms with van der Waals surface area (Å²) in [7, 11) is 0. The number of rotatable bonds is 8. The molecule has 0 fully saturated rings. The van der Waals surface area contributed by atoms with E-state index in [0.29, 0.717) is 30.8 Å². The highest BCUT2D eigenvalue weighted by Crippen LogP contribution is 2.14. The van der Waals surface area contributed by atoms with Gasteiger partial charge in [0.05, 0.1) is 5.60 Å². The molecule has 1 rings (SSSR count). The number of aliphatic hydroxyl groups is 1. The van der Waals surface area contributed by atoms with Crippen LogP contribution in [0.2, 0.25) is 0 Å². The zero-order valence-corrected chi connectivity index (χ0v) is 12.6. The Kier molecular flexibility index (Phi) is 5.90. The van der Waals surface area contributed by atoms with Gasteiger partial charge in [0, 0.05) is 19.6 Å². The minimum Gasteiger partial charge on any atom is -0.388 e. The fourth-order valence-corrected chi connectivity index (χ4v) is 1.55. The molecular formula is C12H25N7O. The van der Waals surface area contributed by atoms with Crippen molar-refractivity contribution in [1.82, 2.24) is 15.0 Å². The van der Waals surface area contributed by atoms with Gasteiger partial charge in [-0.05, 0) is 27.2 Å². The second-order valence-electron chi connectivity index (χ2n) is 4.80. The standard InChI is InChI=1S/C12H25N7O/c1-5-12(4,20)8-14-9-15-10(18-13)17-11(16-9)19(6-2)7-3/h20H,5-8,13H2,1-4H3,(H2,14,15,16,17,18). The van der Waals surface area contributed by atoms with Gasteiger partial charge < -0.3 is 15.3 Å². The summed E-state index contributed by atoms with van der Waals surface area (Å²) in [5, 5.41) is 13.0. The molecule has 0 saturated heterocycles. The Labute approximate surface area is 119 Å². The normalized spacial score (nSPS) is 13.7. The first-order valence-corrected chi connectivity index (χ1v) is 6.89. The van der Waals surface area contributed by atoms with Gasteiger partial charge in [0.25, 0.3) is 0 Å². The number of nitrogens with one attached hydrogen (secondary N) is 2. The summed E-state index contributed by atoms with van der Waals surface area (Å²) in [5.74, 6) is 6.62. The first-order valence-electron chi connectivity index (χ1n) is 6.89. The van der Waals surface area contributed by atoms with Crippen LogP contribution in [0.5, 0.6) is 0 Å². The molecule has 0 aromatic carbocycles. The van der Waals surface area contributed by atoms with Crippen LogP contribution >= 0.6 is 0 Å². The maximum Gasteiger partial charge on any atom is 0.243 e. The Morgan fingerprint density at radius 3 is 2.25 bits per heavy atom. The van der Waals surface area contributed by atoms with Crippen molar-refractivity contribution in [3.8, 4) is 0 Å². The van der Waals surface area contributed by atoms with E-state index in [4.69, 9.17) is 5.84 Å². The van der Waals surface area contributed by atoms with E-state index in [-0.39, 0.29) is 0 Å². The molecule has 0 saturated carbocycles. The Morgan fingerprint density at radius 2 is 1.75 bits per heavy atom. The summed E-state index contributed by atoms with van der Waals surface area (Å²) in [6.45, 7) is 9.66. The average Bonchev–Trinajstić information content (AvgIpc) is 2.46. The zero-order chi connectivity index (χ0) is 15.2. The monoisotopic (exact) mass is 283 g/mol. The highest BCUT2D eigenvalue weighted by molar-refractivity contribution is 5.43. The van der Waals surface area contributed by atoms with Gasteiger partial charge in [-0.3, -0.25) is 5.43 Å². The number of aromatic nitrogens is 3. The third-order valence-corrected chi connectivity index (χ3v) is 3.19. The van der Waals surface area contributed by atoms with E-state index >= 15 is 0 Å². The van der Waals surface area contributed by atoms with Crippen molar-refractivity contribution in [1.29, 1.82) is 0 Å². The summed E-state index contributed by atoms with van der Waals surface area (Å²) in [6.07, 6.45) is 0.635. The van der Waals surface area contributed by atoms with Crippen molar-refractivity contribution in [3.63, 3.8) is 0 Å². The lowest BCUT2D eigenvalue weighted by molar-refractivity contribution is 0.0695. The number of nitrogens with zero attached hydrogens (tertiary/aromatic N) is 4. The second kappa shape index (κ2) is 7.20. The predicted octanol–water partition coefficient (Wildman–Crippen LogP) is 0.576. The SMILES string of the molecule is CCN(CC)c1nc(NN)nc(NCC(C)(O)CC)n1. The molecule has 0 radical (unpaired) electrons. The first-order chi connectivity index (χ1) is 9.45. The number of hydrogen-bond donors (Lipinski definition) is 4. The molecular weight excluding hydrogens is 258 g/mol. The summed E-state index contributed by atoms with van der Waals surface area (Å²) in [4.78, 5) is 14.7. The highest BCUT2D eigenvalue weighted by atomic mass is 16.3. The van der Waals surface area contributed by atoms with Crippen LogP contribution in [0.1, 0.15) is 34.1 Å². The van der Waals surface area contributed by atoms with Crippen LogP contribution in [0.15, 0.2) is 0 Å². The number of anilines is 3. The Balaban J connectivity index is 2.93. The van der Waals surface area contributed by atoms with Crippen LogP contribution in [0, 0.1) is 0 Å². The van der Waals surface area contributed by atoms with Crippen molar-refractivity contribution in [2.75, 3.05) is 35.3 Å². The molecule has 1 unspecified atom stereocenters. The molecule has 1 atom stereocenters. The lowest BCUT2D eigenvalue weighted by Gasteiger charge is -2.23. The predicted molar refractivity (Wildman–Crippen MR) is 80.6 cm³/mol. The zero-order valence-electron chi connectivity index (χ0n) is 12.6. The fraction of sp³-hybridized carbons (Fsp3) is 0.750. The molecule has 1 aromatic rings. The first kappa shape index (κ1) is 16.4. The van der Waals surface area contributed by atoms with E-state index < -0.39 is 5.60 Å². The third-order valence-electron chi connectivity index (χ3n) is 3.19. The van der Waals surface area contributed by atoms with E-state index in [9.17, 15) is 5.11 Å². The molecule has 5 N–H and O–H groups in total. The molecule has 0 aliphatic carbocycles. The van der Waals surface area contributed by atoms with Crippen molar-refractivity contribution < 1.29 is 5.11 Å². The molecule has 114 valence electrons. The van der Waals surface area contributed by atoms with Crippen LogP contribution in [-0.4, -0.2) is 45.3 Å². The van der Waals surface area contributed by atoms with E-state index in [0.717, 1.165) is 13.1 Å². The number of hydrazine groups is 1. The van der Waals surface area contributed by atoms with Gasteiger partial charge in [0.2, 0.25) is 17.8 Å². The van der Waals surface area contributed by atoms with E-state index in [1.54, 1.807) is 6.92 Å². The van der Waals surface area contributed by atoms with Crippen molar-refractivity contribution in [3.05, 3.63) is 0 Å². The van der Waals surface area contributed by atoms with Gasteiger partial charge >= 0.3 is 0 Å². The van der Waals surface area contributed by atoms with Crippen LogP contribution in [0.25, 0.3) is 0 Å². The van der Waals surface area contributed by atoms with Gasteiger partial charge in [0.1, 0.15) is 0 Å². The van der Waals surface area contributed by atoms with Gasteiger partial charge in [0.15, 0.2) is 0 Å². The lowest BCUT2D eigenvalue weighted by Crippen LogP contribution is -2.33. The van der Waals surface area contributed by atoms with Crippen LogP contribution in [-0.2, 0) is 0 Å². The molecule has 20 heavy (non-hydrogen) atoms. The summed E-state index contributed by atoms with van der Waals surface area (Å²) >= 11 is 0. The fourth-order valence-electron chi connectivity index (χ4n) is 1.55. The average molecular weight is 283 g/mol. The minimum atomic E-state index is -0.807. The van der Waals surface area contributed by atoms with Crippen LogP contribution in [0.3, 0.4) is 0 Å². The molecule has 1 aromatic heterocycles. The molecule has 8 nitrogen and oxygen atoms in total. The van der Waals surface area contributed by atoms with Gasteiger partial charge in [-0.2, -0.15) is 15.0 Å². The van der Waals surface area contributed by atoms with E-state index in [1.165, 1.54) is 0 Å². The Bertz CT molecular complexity index is 420. The smallest absolute Gasteiger partial charge is 0.243 e. The molecule has 0 spiro atoms. The number of nitrogens with two attached hydrogens (primary N) is 1. The van der Waals surface area contributed by atoms with Crippen LogP contribution in [0.4, 0.5) is 17.8 Å². The minimum absolute atomic E-state index is 0.292. The number of hydrogen-bond acceptors (Lipinski definition) is 8. The Morgan fingerprint density at radius 1 is 1.15 bits per heavy atom. The summed E-state index contributed by atoms with van der Waals surface area (Å²) in [6, 6.07) is 0. The quantitative estimate of drug-likeness (QED) is 0.405. The summed E-state index contributed by atoms with van der Waals surface area (Å²) < 4.78 is 0. The van der Waals surface area contributed by atoms with Crippen molar-refractivity contribution in [2.24, 2.45) is 5.84 Å². The molecule has 0 aliphatic heterocycles. The molecule has 0 amide bonds.